The van der Waals surface area contributed by atoms with Gasteiger partial charge in [-0.3, -0.25) is 19.3 Å². The average molecular weight is 486 g/mol. The van der Waals surface area contributed by atoms with E-state index in [4.69, 9.17) is 4.74 Å². The molecule has 9 nitrogen and oxygen atoms in total. The highest BCUT2D eigenvalue weighted by Gasteiger charge is 2.20. The van der Waals surface area contributed by atoms with Gasteiger partial charge in [0.25, 0.3) is 5.69 Å². The smallest absolute Gasteiger partial charge is 0.387 e. The van der Waals surface area contributed by atoms with Crippen molar-refractivity contribution >= 4 is 39.7 Å². The second-order valence-corrected chi connectivity index (χ2v) is 7.69. The van der Waals surface area contributed by atoms with E-state index in [1.54, 1.807) is 12.1 Å². The Labute approximate surface area is 195 Å². The normalized spacial score (nSPS) is 11.3. The lowest BCUT2D eigenvalue weighted by molar-refractivity contribution is -0.385. The Morgan fingerprint density at radius 1 is 1.26 bits per heavy atom. The van der Waals surface area contributed by atoms with E-state index in [-0.39, 0.29) is 11.3 Å². The summed E-state index contributed by atoms with van der Waals surface area (Å²) in [5.74, 6) is -1.17. The quantitative estimate of drug-likeness (QED) is 0.208. The van der Waals surface area contributed by atoms with E-state index in [2.05, 4.69) is 15.0 Å². The number of rotatable bonds is 8. The van der Waals surface area contributed by atoms with Crippen molar-refractivity contribution in [3.05, 3.63) is 75.9 Å². The number of fused-ring (bicyclic) bond motifs is 1. The predicted molar refractivity (Wildman–Crippen MR) is 122 cm³/mol. The number of benzene rings is 2. The van der Waals surface area contributed by atoms with Gasteiger partial charge in [-0.05, 0) is 24.3 Å². The molecule has 0 aliphatic heterocycles. The maximum absolute atomic E-state index is 12.6. The number of nitrogens with one attached hydrogen (secondary N) is 1. The maximum Gasteiger partial charge on any atom is 0.387 e. The summed E-state index contributed by atoms with van der Waals surface area (Å²) < 4.78 is 36.3. The number of ether oxygens (including phenoxy) is 2. The molecular weight excluding hydrogens is 470 g/mol. The highest BCUT2D eigenvalue weighted by Crippen LogP contribution is 2.36. The van der Waals surface area contributed by atoms with E-state index in [0.717, 1.165) is 34.4 Å². The standard InChI is InChI=1S/C22H16F2N4O5S/c1-32-18-10-14(17(28(30)31)11-19(18)33-21(23)24)4-7-20(29)25-15-5-2-13(3-6-15)16-12-27-8-9-34-22(27)26-16/h2-12,21H,1H3,(H,25,29)/b7-4+. The number of nitro benzene ring substituents is 1. The molecule has 2 heterocycles. The van der Waals surface area contributed by atoms with Crippen LogP contribution in [0.4, 0.5) is 20.2 Å². The number of anilines is 1. The molecule has 4 aromatic rings. The van der Waals surface area contributed by atoms with Gasteiger partial charge < -0.3 is 14.8 Å². The second-order valence-electron chi connectivity index (χ2n) is 6.82. The van der Waals surface area contributed by atoms with E-state index in [9.17, 15) is 23.7 Å². The van der Waals surface area contributed by atoms with Gasteiger partial charge in [0.05, 0.1) is 29.4 Å². The van der Waals surface area contributed by atoms with Crippen LogP contribution in [-0.2, 0) is 4.79 Å². The maximum atomic E-state index is 12.6. The molecule has 0 saturated heterocycles. The molecule has 0 spiro atoms. The van der Waals surface area contributed by atoms with Crippen LogP contribution in [0.1, 0.15) is 5.56 Å². The van der Waals surface area contributed by atoms with E-state index in [0.29, 0.717) is 5.69 Å². The third-order valence-electron chi connectivity index (χ3n) is 4.68. The van der Waals surface area contributed by atoms with Gasteiger partial charge in [-0.15, -0.1) is 11.3 Å². The van der Waals surface area contributed by atoms with E-state index < -0.39 is 28.9 Å². The van der Waals surface area contributed by atoms with Crippen molar-refractivity contribution in [2.75, 3.05) is 12.4 Å². The van der Waals surface area contributed by atoms with Crippen molar-refractivity contribution < 1.29 is 28.0 Å². The number of nitrogens with zero attached hydrogens (tertiary/aromatic N) is 3. The molecule has 0 atom stereocenters. The summed E-state index contributed by atoms with van der Waals surface area (Å²) in [6.45, 7) is -3.18. The number of hydrogen-bond donors (Lipinski definition) is 1. The molecule has 0 fully saturated rings. The molecule has 34 heavy (non-hydrogen) atoms. The number of imidazole rings is 1. The van der Waals surface area contributed by atoms with Crippen LogP contribution in [0.15, 0.2) is 60.2 Å². The van der Waals surface area contributed by atoms with Crippen LogP contribution in [-0.4, -0.2) is 33.9 Å². The lowest BCUT2D eigenvalue weighted by Gasteiger charge is -2.10. The first-order chi connectivity index (χ1) is 16.3. The van der Waals surface area contributed by atoms with Crippen molar-refractivity contribution in [3.63, 3.8) is 0 Å². The Hall–Kier alpha value is -4.32. The van der Waals surface area contributed by atoms with Gasteiger partial charge in [-0.1, -0.05) is 12.1 Å². The highest BCUT2D eigenvalue weighted by molar-refractivity contribution is 7.15. The summed E-state index contributed by atoms with van der Waals surface area (Å²) in [7, 11) is 1.20. The van der Waals surface area contributed by atoms with Crippen LogP contribution in [0, 0.1) is 10.1 Å². The Morgan fingerprint density at radius 3 is 2.68 bits per heavy atom. The first kappa shape index (κ1) is 22.9. The van der Waals surface area contributed by atoms with Crippen LogP contribution in [0.3, 0.4) is 0 Å². The number of carbonyl (C=O) groups excluding carboxylic acids is 1. The van der Waals surface area contributed by atoms with Gasteiger partial charge in [0.1, 0.15) is 0 Å². The molecular formula is C22H16F2N4O5S. The van der Waals surface area contributed by atoms with Crippen LogP contribution >= 0.6 is 11.3 Å². The van der Waals surface area contributed by atoms with Gasteiger partial charge in [0.2, 0.25) is 5.91 Å². The summed E-state index contributed by atoms with van der Waals surface area (Å²) in [6.07, 6.45) is 6.10. The Kier molecular flexibility index (Phi) is 6.50. The average Bonchev–Trinajstić information content (AvgIpc) is 3.40. The molecule has 0 aliphatic carbocycles. The molecule has 0 bridgehead atoms. The first-order valence-electron chi connectivity index (χ1n) is 9.67. The van der Waals surface area contributed by atoms with Gasteiger partial charge in [-0.2, -0.15) is 8.78 Å². The molecule has 4 rings (SSSR count). The van der Waals surface area contributed by atoms with Gasteiger partial charge in [0.15, 0.2) is 16.5 Å². The van der Waals surface area contributed by atoms with Gasteiger partial charge in [0, 0.05) is 35.1 Å². The zero-order chi connectivity index (χ0) is 24.2. The van der Waals surface area contributed by atoms with Crippen molar-refractivity contribution in [2.24, 2.45) is 0 Å². The minimum atomic E-state index is -3.18. The minimum absolute atomic E-state index is 0.0197. The topological polar surface area (TPSA) is 108 Å². The third kappa shape index (κ3) is 5.02. The number of amides is 1. The largest absolute Gasteiger partial charge is 0.493 e. The summed E-state index contributed by atoms with van der Waals surface area (Å²) in [5, 5.41) is 16.0. The van der Waals surface area contributed by atoms with Crippen LogP contribution < -0.4 is 14.8 Å². The number of nitro groups is 1. The van der Waals surface area contributed by atoms with E-state index in [1.165, 1.54) is 24.5 Å². The monoisotopic (exact) mass is 486 g/mol. The number of thiazole rings is 1. The zero-order valence-corrected chi connectivity index (χ0v) is 18.3. The molecule has 2 aromatic heterocycles. The number of hydrogen-bond acceptors (Lipinski definition) is 7. The van der Waals surface area contributed by atoms with Gasteiger partial charge >= 0.3 is 6.61 Å². The molecule has 2 aromatic carbocycles. The minimum Gasteiger partial charge on any atom is -0.493 e. The molecule has 0 saturated carbocycles. The fourth-order valence-electron chi connectivity index (χ4n) is 3.14. The lowest BCUT2D eigenvalue weighted by atomic mass is 10.1. The predicted octanol–water partition coefficient (Wildman–Crippen LogP) is 5.23. The summed E-state index contributed by atoms with van der Waals surface area (Å²) in [6, 6.07) is 8.99. The van der Waals surface area contributed by atoms with Crippen LogP contribution in [0.2, 0.25) is 0 Å². The summed E-state index contributed by atoms with van der Waals surface area (Å²) in [5.41, 5.74) is 1.63. The van der Waals surface area contributed by atoms with E-state index in [1.807, 2.05) is 34.3 Å². The van der Waals surface area contributed by atoms with Crippen LogP contribution in [0.25, 0.3) is 22.3 Å². The molecule has 1 N–H and O–H groups in total. The van der Waals surface area contributed by atoms with Crippen molar-refractivity contribution in [3.8, 4) is 22.8 Å². The van der Waals surface area contributed by atoms with Crippen molar-refractivity contribution in [1.29, 1.82) is 0 Å². The zero-order valence-electron chi connectivity index (χ0n) is 17.5. The van der Waals surface area contributed by atoms with Crippen LogP contribution in [0.5, 0.6) is 11.5 Å². The number of halogens is 2. The number of alkyl halides is 2. The first-order valence-corrected chi connectivity index (χ1v) is 10.5. The van der Waals surface area contributed by atoms with Crippen molar-refractivity contribution in [2.45, 2.75) is 6.61 Å². The number of carbonyl (C=O) groups is 1. The highest BCUT2D eigenvalue weighted by atomic mass is 32.1. The van der Waals surface area contributed by atoms with Gasteiger partial charge in [-0.25, -0.2) is 4.98 Å². The number of aromatic nitrogens is 2. The molecule has 12 heteroatoms. The Balaban J connectivity index is 1.49. The van der Waals surface area contributed by atoms with Crippen molar-refractivity contribution in [1.82, 2.24) is 9.38 Å². The summed E-state index contributed by atoms with van der Waals surface area (Å²) in [4.78, 5) is 28.3. The molecule has 0 aliphatic rings. The molecule has 174 valence electrons. The molecule has 0 radical (unpaired) electrons. The molecule has 0 unspecified atom stereocenters. The van der Waals surface area contributed by atoms with E-state index >= 15 is 0 Å². The SMILES string of the molecule is COc1cc(/C=C/C(=O)Nc2ccc(-c3cn4ccsc4n3)cc2)c([N+](=O)[O-])cc1OC(F)F. The fourth-order valence-corrected chi connectivity index (χ4v) is 3.84. The third-order valence-corrected chi connectivity index (χ3v) is 5.45. The lowest BCUT2D eigenvalue weighted by Crippen LogP contribution is -2.08. The fraction of sp³-hybridized carbons (Fsp3) is 0.0909. The summed E-state index contributed by atoms with van der Waals surface area (Å²) >= 11 is 1.52. The second kappa shape index (κ2) is 9.67. The Bertz CT molecular complexity index is 1350. The molecule has 1 amide bonds. The number of methoxy groups -OCH3 is 1. The Morgan fingerprint density at radius 2 is 2.03 bits per heavy atom.